The second kappa shape index (κ2) is 8.44. The molecule has 4 heteroatoms. The quantitative estimate of drug-likeness (QED) is 0.758. The zero-order valence-electron chi connectivity index (χ0n) is 12.8. The van der Waals surface area contributed by atoms with Crippen molar-refractivity contribution in [1.82, 2.24) is 10.2 Å². The highest BCUT2D eigenvalue weighted by atomic mass is 32.1. The Morgan fingerprint density at radius 3 is 2.62 bits per heavy atom. The van der Waals surface area contributed by atoms with Crippen LogP contribution in [0.5, 0.6) is 0 Å². The van der Waals surface area contributed by atoms with Gasteiger partial charge in [-0.3, -0.25) is 4.79 Å². The van der Waals surface area contributed by atoms with Crippen molar-refractivity contribution in [3.8, 4) is 0 Å². The molecule has 2 rings (SSSR count). The summed E-state index contributed by atoms with van der Waals surface area (Å²) < 4.78 is 0. The van der Waals surface area contributed by atoms with Gasteiger partial charge in [-0.25, -0.2) is 0 Å². The summed E-state index contributed by atoms with van der Waals surface area (Å²) in [5.41, 5.74) is 1.15. The largest absolute Gasteiger partial charge is 0.355 e. The van der Waals surface area contributed by atoms with E-state index in [0.717, 1.165) is 18.7 Å². The Morgan fingerprint density at radius 2 is 1.95 bits per heavy atom. The maximum atomic E-state index is 12.1. The highest BCUT2D eigenvalue weighted by molar-refractivity contribution is 7.81. The van der Waals surface area contributed by atoms with Crippen molar-refractivity contribution in [2.24, 2.45) is 5.92 Å². The predicted molar refractivity (Wildman–Crippen MR) is 90.8 cm³/mol. The number of carbonyl (C=O) groups is 1. The van der Waals surface area contributed by atoms with Gasteiger partial charge in [0.2, 0.25) is 5.91 Å². The molecule has 0 saturated carbocycles. The van der Waals surface area contributed by atoms with Crippen LogP contribution in [-0.4, -0.2) is 42.2 Å². The molecular weight excluding hydrogens is 280 g/mol. The number of hydrogen-bond donors (Lipinski definition) is 2. The fraction of sp³-hybridized carbons (Fsp3) is 0.588. The van der Waals surface area contributed by atoms with Crippen molar-refractivity contribution in [3.63, 3.8) is 0 Å². The van der Waals surface area contributed by atoms with Gasteiger partial charge in [0, 0.05) is 13.1 Å². The number of thiol groups is 1. The first-order valence-corrected chi connectivity index (χ1v) is 8.39. The van der Waals surface area contributed by atoms with Crippen LogP contribution >= 0.6 is 12.6 Å². The summed E-state index contributed by atoms with van der Waals surface area (Å²) in [5.74, 6) is 0.528. The Labute approximate surface area is 133 Å². The molecule has 1 aromatic rings. The van der Waals surface area contributed by atoms with Crippen molar-refractivity contribution in [2.45, 2.75) is 31.4 Å². The Bertz CT molecular complexity index is 432. The topological polar surface area (TPSA) is 32.3 Å². The summed E-state index contributed by atoms with van der Waals surface area (Å²) in [6.45, 7) is 6.43. The molecule has 21 heavy (non-hydrogen) atoms. The third kappa shape index (κ3) is 5.71. The minimum absolute atomic E-state index is 0.0375. The third-order valence-electron chi connectivity index (χ3n) is 3.97. The van der Waals surface area contributed by atoms with Crippen LogP contribution in [0.1, 0.15) is 25.3 Å². The smallest absolute Gasteiger partial charge is 0.233 e. The van der Waals surface area contributed by atoms with Crippen LogP contribution in [0.4, 0.5) is 0 Å². The Kier molecular flexibility index (Phi) is 6.58. The van der Waals surface area contributed by atoms with Crippen LogP contribution in [0, 0.1) is 5.92 Å². The number of nitrogens with zero attached hydrogens (tertiary/aromatic N) is 1. The minimum atomic E-state index is -0.272. The van der Waals surface area contributed by atoms with E-state index >= 15 is 0 Å². The van der Waals surface area contributed by atoms with Gasteiger partial charge in [0.15, 0.2) is 0 Å². The highest BCUT2D eigenvalue weighted by Gasteiger charge is 2.17. The average molecular weight is 306 g/mol. The summed E-state index contributed by atoms with van der Waals surface area (Å²) in [5, 5.41) is 2.76. The fourth-order valence-electron chi connectivity index (χ4n) is 2.79. The van der Waals surface area contributed by atoms with Crippen molar-refractivity contribution < 1.29 is 4.79 Å². The van der Waals surface area contributed by atoms with E-state index in [1.807, 2.05) is 30.3 Å². The number of hydrogen-bond acceptors (Lipinski definition) is 3. The molecular formula is C17H26N2OS. The second-order valence-corrected chi connectivity index (χ2v) is 6.69. The van der Waals surface area contributed by atoms with Crippen molar-refractivity contribution in [2.75, 3.05) is 26.2 Å². The molecule has 2 unspecified atom stereocenters. The molecule has 116 valence electrons. The fourth-order valence-corrected chi connectivity index (χ4v) is 3.10. The van der Waals surface area contributed by atoms with Crippen molar-refractivity contribution in [1.29, 1.82) is 0 Å². The van der Waals surface area contributed by atoms with Gasteiger partial charge < -0.3 is 10.2 Å². The summed E-state index contributed by atoms with van der Waals surface area (Å²) in [4.78, 5) is 14.6. The highest BCUT2D eigenvalue weighted by Crippen LogP contribution is 2.11. The van der Waals surface area contributed by atoms with Crippen molar-refractivity contribution >= 4 is 18.5 Å². The predicted octanol–water partition coefficient (Wildman–Crippen LogP) is 2.38. The molecule has 0 radical (unpaired) electrons. The molecule has 0 aliphatic carbocycles. The lowest BCUT2D eigenvalue weighted by molar-refractivity contribution is -0.120. The average Bonchev–Trinajstić information content (AvgIpc) is 2.98. The van der Waals surface area contributed by atoms with Gasteiger partial charge in [0.05, 0.1) is 5.25 Å². The molecule has 0 bridgehead atoms. The van der Waals surface area contributed by atoms with Gasteiger partial charge in [-0.05, 0) is 43.8 Å². The van der Waals surface area contributed by atoms with E-state index in [4.69, 9.17) is 0 Å². The van der Waals surface area contributed by atoms with Gasteiger partial charge in [-0.2, -0.15) is 12.6 Å². The van der Waals surface area contributed by atoms with Crippen LogP contribution in [0.15, 0.2) is 30.3 Å². The maximum absolute atomic E-state index is 12.1. The van der Waals surface area contributed by atoms with Gasteiger partial charge in [-0.15, -0.1) is 0 Å². The van der Waals surface area contributed by atoms with Crippen LogP contribution in [0.3, 0.4) is 0 Å². The molecule has 1 amide bonds. The molecule has 1 heterocycles. The Morgan fingerprint density at radius 1 is 1.29 bits per heavy atom. The maximum Gasteiger partial charge on any atom is 0.233 e. The first-order valence-electron chi connectivity index (χ1n) is 7.87. The van der Waals surface area contributed by atoms with Gasteiger partial charge >= 0.3 is 0 Å². The zero-order chi connectivity index (χ0) is 15.1. The normalized spacial score (nSPS) is 18.4. The number of carbonyl (C=O) groups excluding carboxylic acids is 1. The molecule has 3 nitrogen and oxygen atoms in total. The van der Waals surface area contributed by atoms with Gasteiger partial charge in [0.1, 0.15) is 0 Å². The Balaban J connectivity index is 1.68. The lowest BCUT2D eigenvalue weighted by atomic mass is 10.1. The summed E-state index contributed by atoms with van der Waals surface area (Å²) in [6, 6.07) is 10.0. The minimum Gasteiger partial charge on any atom is -0.355 e. The second-order valence-electron chi connectivity index (χ2n) is 6.06. The van der Waals surface area contributed by atoms with Crippen LogP contribution in [0.2, 0.25) is 0 Å². The molecule has 1 aliphatic rings. The summed E-state index contributed by atoms with van der Waals surface area (Å²) in [7, 11) is 0. The van der Waals surface area contributed by atoms with Crippen molar-refractivity contribution in [3.05, 3.63) is 35.9 Å². The first-order chi connectivity index (χ1) is 10.1. The number of nitrogens with one attached hydrogen (secondary N) is 1. The first kappa shape index (κ1) is 16.4. The molecule has 2 atom stereocenters. The van der Waals surface area contributed by atoms with E-state index in [1.165, 1.54) is 25.9 Å². The van der Waals surface area contributed by atoms with E-state index in [-0.39, 0.29) is 11.2 Å². The monoisotopic (exact) mass is 306 g/mol. The van der Waals surface area contributed by atoms with Crippen LogP contribution in [-0.2, 0) is 11.2 Å². The molecule has 1 fully saturated rings. The molecule has 0 spiro atoms. The third-order valence-corrected chi connectivity index (χ3v) is 4.38. The molecule has 1 aromatic carbocycles. The van der Waals surface area contributed by atoms with Gasteiger partial charge in [-0.1, -0.05) is 37.3 Å². The van der Waals surface area contributed by atoms with Gasteiger partial charge in [0.25, 0.3) is 0 Å². The van der Waals surface area contributed by atoms with E-state index in [1.54, 1.807) is 0 Å². The number of benzene rings is 1. The van der Waals surface area contributed by atoms with E-state index in [2.05, 4.69) is 29.8 Å². The molecule has 0 aromatic heterocycles. The van der Waals surface area contributed by atoms with E-state index < -0.39 is 0 Å². The lowest BCUT2D eigenvalue weighted by Crippen LogP contribution is -2.38. The molecule has 1 saturated heterocycles. The molecule has 1 aliphatic heterocycles. The summed E-state index contributed by atoms with van der Waals surface area (Å²) in [6.07, 6.45) is 3.31. The van der Waals surface area contributed by atoms with Crippen LogP contribution in [0.25, 0.3) is 0 Å². The number of amides is 1. The number of likely N-dealkylation sites (tertiary alicyclic amines) is 1. The lowest BCUT2D eigenvalue weighted by Gasteiger charge is -2.21. The SMILES string of the molecule is CC(CNC(=O)C(S)Cc1ccccc1)CN1CCCC1. The zero-order valence-corrected chi connectivity index (χ0v) is 13.7. The standard InChI is InChI=1S/C17H26N2OS/c1-14(13-19-9-5-6-10-19)12-18-17(20)16(21)11-15-7-3-2-4-8-15/h2-4,7-8,14,16,21H,5-6,9-13H2,1H3,(H,18,20). The molecule has 1 N–H and O–H groups in total. The van der Waals surface area contributed by atoms with Crippen LogP contribution < -0.4 is 5.32 Å². The number of rotatable bonds is 7. The summed E-state index contributed by atoms with van der Waals surface area (Å²) >= 11 is 4.43. The van der Waals surface area contributed by atoms with E-state index in [0.29, 0.717) is 12.3 Å². The Hall–Kier alpha value is -1.00. The van der Waals surface area contributed by atoms with E-state index in [9.17, 15) is 4.79 Å².